The lowest BCUT2D eigenvalue weighted by Gasteiger charge is -2.29. The molecular formula is C12H24O2. The third-order valence-electron chi connectivity index (χ3n) is 2.85. The highest BCUT2D eigenvalue weighted by Crippen LogP contribution is 2.31. The van der Waals surface area contributed by atoms with Crippen molar-refractivity contribution in [3.63, 3.8) is 0 Å². The molecule has 0 aliphatic carbocycles. The van der Waals surface area contributed by atoms with Gasteiger partial charge in [0.1, 0.15) is 5.78 Å². The summed E-state index contributed by atoms with van der Waals surface area (Å²) in [5.41, 5.74) is -0.841. The lowest BCUT2D eigenvalue weighted by Crippen LogP contribution is -2.28. The van der Waals surface area contributed by atoms with Crippen LogP contribution in [0.5, 0.6) is 0 Å². The Morgan fingerprint density at radius 1 is 1.14 bits per heavy atom. The first kappa shape index (κ1) is 13.6. The van der Waals surface area contributed by atoms with Gasteiger partial charge in [-0.1, -0.05) is 27.7 Å². The molecule has 0 aromatic rings. The van der Waals surface area contributed by atoms with Gasteiger partial charge < -0.3 is 5.11 Å². The summed E-state index contributed by atoms with van der Waals surface area (Å²) in [7, 11) is 0. The van der Waals surface area contributed by atoms with Crippen LogP contribution in [0.2, 0.25) is 0 Å². The van der Waals surface area contributed by atoms with Crippen molar-refractivity contribution in [3.8, 4) is 0 Å². The smallest absolute Gasteiger partial charge is 0.136 e. The van der Waals surface area contributed by atoms with E-state index in [1.165, 1.54) is 0 Å². The van der Waals surface area contributed by atoms with Gasteiger partial charge in [0.2, 0.25) is 0 Å². The van der Waals surface area contributed by atoms with Crippen molar-refractivity contribution in [2.75, 3.05) is 0 Å². The molecule has 1 N–H and O–H groups in total. The van der Waals surface area contributed by atoms with E-state index in [9.17, 15) is 9.90 Å². The van der Waals surface area contributed by atoms with E-state index in [4.69, 9.17) is 0 Å². The van der Waals surface area contributed by atoms with Crippen LogP contribution in [0.15, 0.2) is 0 Å². The molecule has 0 radical (unpaired) electrons. The first-order valence-corrected chi connectivity index (χ1v) is 5.29. The number of aliphatic hydroxyl groups is 1. The van der Waals surface area contributed by atoms with Gasteiger partial charge in [-0.15, -0.1) is 0 Å². The Balaban J connectivity index is 4.20. The molecule has 0 aromatic carbocycles. The Morgan fingerprint density at radius 3 is 1.86 bits per heavy atom. The molecular weight excluding hydrogens is 176 g/mol. The van der Waals surface area contributed by atoms with Crippen LogP contribution in [0.25, 0.3) is 0 Å². The minimum absolute atomic E-state index is 0.0301. The number of Topliss-reactive ketones (excluding diaryl/α,β-unsaturated/α-hetero) is 1. The Morgan fingerprint density at radius 2 is 1.57 bits per heavy atom. The standard InChI is InChI=1S/C12H24O2/c1-9(2)11(3,4)7-10(13)8-12(5,6)14/h9,14H,7-8H2,1-6H3. The molecule has 0 unspecified atom stereocenters. The van der Waals surface area contributed by atoms with Crippen LogP contribution in [0.3, 0.4) is 0 Å². The van der Waals surface area contributed by atoms with Gasteiger partial charge in [0.05, 0.1) is 5.60 Å². The minimum atomic E-state index is -0.871. The van der Waals surface area contributed by atoms with Gasteiger partial charge in [0, 0.05) is 12.8 Å². The largest absolute Gasteiger partial charge is 0.390 e. The molecule has 2 nitrogen and oxygen atoms in total. The Hall–Kier alpha value is -0.370. The Bertz CT molecular complexity index is 197. The Kier molecular flexibility index (Phi) is 4.32. The van der Waals surface area contributed by atoms with Crippen molar-refractivity contribution >= 4 is 5.78 Å². The maximum absolute atomic E-state index is 11.6. The summed E-state index contributed by atoms with van der Waals surface area (Å²) >= 11 is 0. The van der Waals surface area contributed by atoms with Crippen LogP contribution in [0, 0.1) is 11.3 Å². The van der Waals surface area contributed by atoms with Gasteiger partial charge in [0.25, 0.3) is 0 Å². The molecule has 0 aliphatic heterocycles. The maximum atomic E-state index is 11.6. The molecule has 0 spiro atoms. The summed E-state index contributed by atoms with van der Waals surface area (Å²) in [6.45, 7) is 11.8. The van der Waals surface area contributed by atoms with Crippen LogP contribution in [0.4, 0.5) is 0 Å². The topological polar surface area (TPSA) is 37.3 Å². The summed E-state index contributed by atoms with van der Waals surface area (Å²) in [4.78, 5) is 11.6. The number of carbonyl (C=O) groups is 1. The molecule has 0 heterocycles. The van der Waals surface area contributed by atoms with Gasteiger partial charge in [-0.2, -0.15) is 0 Å². The minimum Gasteiger partial charge on any atom is -0.390 e. The predicted molar refractivity (Wildman–Crippen MR) is 59.2 cm³/mol. The monoisotopic (exact) mass is 200 g/mol. The fourth-order valence-corrected chi connectivity index (χ4v) is 1.26. The first-order valence-electron chi connectivity index (χ1n) is 5.29. The fraction of sp³-hybridized carbons (Fsp3) is 0.917. The highest BCUT2D eigenvalue weighted by molar-refractivity contribution is 5.79. The maximum Gasteiger partial charge on any atom is 0.136 e. The molecule has 0 aromatic heterocycles. The molecule has 0 aliphatic rings. The molecule has 0 saturated heterocycles. The third kappa shape index (κ3) is 5.38. The molecule has 84 valence electrons. The molecule has 14 heavy (non-hydrogen) atoms. The van der Waals surface area contributed by atoms with E-state index in [-0.39, 0.29) is 17.6 Å². The van der Waals surface area contributed by atoms with E-state index in [2.05, 4.69) is 27.7 Å². The number of rotatable bonds is 5. The summed E-state index contributed by atoms with van der Waals surface area (Å²) < 4.78 is 0. The lowest BCUT2D eigenvalue weighted by molar-refractivity contribution is -0.125. The molecule has 0 fully saturated rings. The summed E-state index contributed by atoms with van der Waals surface area (Å²) in [5, 5.41) is 9.50. The highest BCUT2D eigenvalue weighted by Gasteiger charge is 2.28. The second kappa shape index (κ2) is 4.43. The number of carbonyl (C=O) groups excluding carboxylic acids is 1. The highest BCUT2D eigenvalue weighted by atomic mass is 16.3. The first-order chi connectivity index (χ1) is 6.04. The summed E-state index contributed by atoms with van der Waals surface area (Å²) in [6.07, 6.45) is 0.803. The van der Waals surface area contributed by atoms with Crippen molar-refractivity contribution < 1.29 is 9.90 Å². The van der Waals surface area contributed by atoms with E-state index in [1.54, 1.807) is 13.8 Å². The molecule has 2 heteroatoms. The summed E-state index contributed by atoms with van der Waals surface area (Å²) in [6, 6.07) is 0. The van der Waals surface area contributed by atoms with Crippen molar-refractivity contribution in [2.24, 2.45) is 11.3 Å². The van der Waals surface area contributed by atoms with Crippen LogP contribution in [-0.2, 0) is 4.79 Å². The summed E-state index contributed by atoms with van der Waals surface area (Å²) in [5.74, 6) is 0.629. The molecule has 0 saturated carbocycles. The van der Waals surface area contributed by atoms with E-state index < -0.39 is 5.60 Å². The molecule has 0 rings (SSSR count). The lowest BCUT2D eigenvalue weighted by atomic mass is 9.76. The SMILES string of the molecule is CC(C)C(C)(C)CC(=O)CC(C)(C)O. The third-order valence-corrected chi connectivity index (χ3v) is 2.85. The zero-order valence-electron chi connectivity index (χ0n) is 10.3. The van der Waals surface area contributed by atoms with Gasteiger partial charge in [-0.05, 0) is 25.2 Å². The second-order valence-corrected chi connectivity index (χ2v) is 5.85. The van der Waals surface area contributed by atoms with Gasteiger partial charge in [-0.25, -0.2) is 0 Å². The normalized spacial score (nSPS) is 13.4. The van der Waals surface area contributed by atoms with E-state index in [1.807, 2.05) is 0 Å². The van der Waals surface area contributed by atoms with Crippen LogP contribution < -0.4 is 0 Å². The van der Waals surface area contributed by atoms with E-state index in [0.29, 0.717) is 12.3 Å². The van der Waals surface area contributed by atoms with Crippen molar-refractivity contribution in [2.45, 2.75) is 60.0 Å². The average molecular weight is 200 g/mol. The quantitative estimate of drug-likeness (QED) is 0.741. The van der Waals surface area contributed by atoms with Gasteiger partial charge >= 0.3 is 0 Å². The Labute approximate surface area is 87.7 Å². The zero-order chi connectivity index (χ0) is 11.6. The van der Waals surface area contributed by atoms with Gasteiger partial charge in [0.15, 0.2) is 0 Å². The molecule has 0 amide bonds. The predicted octanol–water partition coefficient (Wildman–Crippen LogP) is 2.79. The van der Waals surface area contributed by atoms with Crippen molar-refractivity contribution in [1.82, 2.24) is 0 Å². The zero-order valence-corrected chi connectivity index (χ0v) is 10.3. The molecule has 0 bridgehead atoms. The number of ketones is 1. The van der Waals surface area contributed by atoms with E-state index >= 15 is 0 Å². The van der Waals surface area contributed by atoms with Gasteiger partial charge in [-0.3, -0.25) is 4.79 Å². The van der Waals surface area contributed by atoms with Crippen molar-refractivity contribution in [1.29, 1.82) is 0 Å². The van der Waals surface area contributed by atoms with Crippen molar-refractivity contribution in [3.05, 3.63) is 0 Å². The number of hydrogen-bond acceptors (Lipinski definition) is 2. The average Bonchev–Trinajstić information content (AvgIpc) is 1.79. The molecule has 0 atom stereocenters. The van der Waals surface area contributed by atoms with Crippen LogP contribution >= 0.6 is 0 Å². The van der Waals surface area contributed by atoms with Crippen LogP contribution in [0.1, 0.15) is 54.4 Å². The fourth-order valence-electron chi connectivity index (χ4n) is 1.26. The van der Waals surface area contributed by atoms with E-state index in [0.717, 1.165) is 0 Å². The van der Waals surface area contributed by atoms with Crippen LogP contribution in [-0.4, -0.2) is 16.5 Å². The second-order valence-electron chi connectivity index (χ2n) is 5.85. The number of hydrogen-bond donors (Lipinski definition) is 1.